The van der Waals surface area contributed by atoms with E-state index in [4.69, 9.17) is 0 Å². The Kier molecular flexibility index (Phi) is 7.35. The van der Waals surface area contributed by atoms with Crippen LogP contribution in [0.25, 0.3) is 42.4 Å². The van der Waals surface area contributed by atoms with Gasteiger partial charge >= 0.3 is 0 Å². The summed E-state index contributed by atoms with van der Waals surface area (Å²) in [5.74, 6) is 0. The Morgan fingerprint density at radius 3 is 1.72 bits per heavy atom. The van der Waals surface area contributed by atoms with Crippen LogP contribution in [0.3, 0.4) is 0 Å². The van der Waals surface area contributed by atoms with E-state index < -0.39 is 5.41 Å². The molecule has 1 aliphatic heterocycles. The monoisotopic (exact) mass is 756 g/mol. The second-order valence-corrected chi connectivity index (χ2v) is 16.3. The van der Waals surface area contributed by atoms with Gasteiger partial charge < -0.3 is 9.80 Å². The zero-order valence-electron chi connectivity index (χ0n) is 31.6. The lowest BCUT2D eigenvalue weighted by molar-refractivity contribution is 0.752. The summed E-state index contributed by atoms with van der Waals surface area (Å²) in [5, 5.41) is 2.58. The van der Waals surface area contributed by atoms with Crippen molar-refractivity contribution in [2.75, 3.05) is 9.80 Å². The SMILES string of the molecule is c1ccc(-c2ccc(N(c3ccc4c(c3)C3(c5ccccc5-4)c4ccccc4N(c4ccccc4)c4ccccc43)c3cccc4c3sc3ccccc34)cc2)cc1. The van der Waals surface area contributed by atoms with Gasteiger partial charge in [-0.2, -0.15) is 0 Å². The number of thiophene rings is 1. The fourth-order valence-corrected chi connectivity index (χ4v) is 11.1. The van der Waals surface area contributed by atoms with Gasteiger partial charge in [0.2, 0.25) is 0 Å². The van der Waals surface area contributed by atoms with E-state index in [0.29, 0.717) is 0 Å². The third-order valence-corrected chi connectivity index (χ3v) is 13.5. The third kappa shape index (κ3) is 4.71. The summed E-state index contributed by atoms with van der Waals surface area (Å²) in [4.78, 5) is 4.93. The van der Waals surface area contributed by atoms with E-state index in [9.17, 15) is 0 Å². The molecule has 9 aromatic carbocycles. The average molecular weight is 757 g/mol. The Morgan fingerprint density at radius 2 is 0.966 bits per heavy atom. The van der Waals surface area contributed by atoms with Crippen molar-refractivity contribution in [3.8, 4) is 22.3 Å². The van der Waals surface area contributed by atoms with E-state index in [1.165, 1.54) is 81.7 Å². The molecule has 2 nitrogen and oxygen atoms in total. The van der Waals surface area contributed by atoms with E-state index >= 15 is 0 Å². The largest absolute Gasteiger partial charge is 0.310 e. The highest BCUT2D eigenvalue weighted by atomic mass is 32.1. The molecule has 0 atom stereocenters. The standard InChI is InChI=1S/C55H36N2S/c1-3-16-37(17-4-1)38-30-32-40(33-31-38)56(52-28-15-22-45-44-21-8-14-29-53(44)58-54(45)52)41-34-35-43-42-20-7-9-23-46(42)55(49(43)36-41)47-24-10-12-26-50(47)57(39-18-5-2-6-19-39)51-27-13-11-25-48(51)55/h1-36H. The lowest BCUT2D eigenvalue weighted by Crippen LogP contribution is -2.36. The Balaban J connectivity index is 1.14. The lowest BCUT2D eigenvalue weighted by atomic mass is 9.64. The maximum atomic E-state index is 2.50. The van der Waals surface area contributed by atoms with Gasteiger partial charge in [0.05, 0.1) is 27.2 Å². The highest BCUT2D eigenvalue weighted by molar-refractivity contribution is 7.26. The molecule has 0 bridgehead atoms. The van der Waals surface area contributed by atoms with Gasteiger partial charge in [-0.25, -0.2) is 0 Å². The smallest absolute Gasteiger partial charge is 0.0755 e. The molecule has 0 amide bonds. The van der Waals surface area contributed by atoms with Crippen molar-refractivity contribution >= 4 is 65.6 Å². The minimum absolute atomic E-state index is 0.549. The van der Waals surface area contributed by atoms with Crippen LogP contribution in [0, 0.1) is 0 Å². The number of rotatable bonds is 5. The van der Waals surface area contributed by atoms with Crippen molar-refractivity contribution in [1.82, 2.24) is 0 Å². The first-order valence-corrected chi connectivity index (χ1v) is 20.8. The minimum atomic E-state index is -0.549. The highest BCUT2D eigenvalue weighted by Crippen LogP contribution is 2.64. The average Bonchev–Trinajstić information content (AvgIpc) is 3.82. The molecule has 0 saturated carbocycles. The summed E-state index contributed by atoms with van der Waals surface area (Å²) >= 11 is 1.88. The molecule has 58 heavy (non-hydrogen) atoms. The van der Waals surface area contributed by atoms with E-state index in [-0.39, 0.29) is 0 Å². The summed E-state index contributed by atoms with van der Waals surface area (Å²) in [6.45, 7) is 0. The zero-order valence-corrected chi connectivity index (χ0v) is 32.4. The molecule has 272 valence electrons. The van der Waals surface area contributed by atoms with Crippen molar-refractivity contribution in [2.24, 2.45) is 0 Å². The molecule has 0 saturated heterocycles. The van der Waals surface area contributed by atoms with E-state index in [0.717, 1.165) is 17.1 Å². The van der Waals surface area contributed by atoms with Crippen molar-refractivity contribution < 1.29 is 0 Å². The fourth-order valence-electron chi connectivity index (χ4n) is 9.86. The Bertz CT molecular complexity index is 3140. The van der Waals surface area contributed by atoms with Crippen molar-refractivity contribution in [2.45, 2.75) is 5.41 Å². The maximum Gasteiger partial charge on any atom is 0.0755 e. The van der Waals surface area contributed by atoms with Gasteiger partial charge in [-0.1, -0.05) is 158 Å². The van der Waals surface area contributed by atoms with Crippen molar-refractivity contribution in [3.63, 3.8) is 0 Å². The van der Waals surface area contributed by atoms with Gasteiger partial charge in [-0.05, 0) is 105 Å². The van der Waals surface area contributed by atoms with Crippen LogP contribution < -0.4 is 9.80 Å². The number of hydrogen-bond acceptors (Lipinski definition) is 3. The summed E-state index contributed by atoms with van der Waals surface area (Å²) in [6, 6.07) is 80.5. The summed E-state index contributed by atoms with van der Waals surface area (Å²) < 4.78 is 2.58. The number of nitrogens with zero attached hydrogens (tertiary/aromatic N) is 2. The predicted octanol–water partition coefficient (Wildman–Crippen LogP) is 15.3. The van der Waals surface area contributed by atoms with Gasteiger partial charge in [-0.3, -0.25) is 0 Å². The Hall–Kier alpha value is -7.20. The van der Waals surface area contributed by atoms with E-state index in [1.807, 2.05) is 11.3 Å². The predicted molar refractivity (Wildman–Crippen MR) is 245 cm³/mol. The molecular weight excluding hydrogens is 721 g/mol. The van der Waals surface area contributed by atoms with Crippen LogP contribution in [-0.2, 0) is 5.41 Å². The molecule has 12 rings (SSSR count). The second kappa shape index (κ2) is 12.9. The van der Waals surface area contributed by atoms with Crippen LogP contribution in [0.5, 0.6) is 0 Å². The van der Waals surface area contributed by atoms with Crippen LogP contribution in [0.4, 0.5) is 34.1 Å². The minimum Gasteiger partial charge on any atom is -0.310 e. The molecule has 0 N–H and O–H groups in total. The molecule has 2 heterocycles. The van der Waals surface area contributed by atoms with Gasteiger partial charge in [0.1, 0.15) is 0 Å². The molecule has 0 fully saturated rings. The van der Waals surface area contributed by atoms with Gasteiger partial charge in [-0.15, -0.1) is 11.3 Å². The van der Waals surface area contributed by atoms with Gasteiger partial charge in [0.25, 0.3) is 0 Å². The number of anilines is 6. The second-order valence-electron chi connectivity index (χ2n) is 15.2. The summed E-state index contributed by atoms with van der Waals surface area (Å²) in [6.07, 6.45) is 0. The first-order chi connectivity index (χ1) is 28.8. The van der Waals surface area contributed by atoms with Crippen LogP contribution in [0.1, 0.15) is 22.3 Å². The number of para-hydroxylation sites is 3. The van der Waals surface area contributed by atoms with Crippen LogP contribution in [-0.4, -0.2) is 0 Å². The van der Waals surface area contributed by atoms with Gasteiger partial charge in [0.15, 0.2) is 0 Å². The van der Waals surface area contributed by atoms with E-state index in [2.05, 4.69) is 228 Å². The van der Waals surface area contributed by atoms with Crippen LogP contribution >= 0.6 is 11.3 Å². The Morgan fingerprint density at radius 1 is 0.397 bits per heavy atom. The third-order valence-electron chi connectivity index (χ3n) is 12.3. The topological polar surface area (TPSA) is 6.48 Å². The zero-order chi connectivity index (χ0) is 38.2. The molecule has 0 unspecified atom stereocenters. The lowest BCUT2D eigenvalue weighted by Gasteiger charge is -2.45. The molecule has 2 aliphatic rings. The fraction of sp³-hybridized carbons (Fsp3) is 0.0182. The Labute approximate surface area is 342 Å². The first kappa shape index (κ1) is 33.0. The molecule has 1 aliphatic carbocycles. The maximum absolute atomic E-state index is 2.50. The van der Waals surface area contributed by atoms with Crippen LogP contribution in [0.15, 0.2) is 218 Å². The molecule has 1 aromatic heterocycles. The highest BCUT2D eigenvalue weighted by Gasteiger charge is 2.51. The normalized spacial score (nSPS) is 13.3. The number of hydrogen-bond donors (Lipinski definition) is 0. The molecule has 1 spiro atoms. The van der Waals surface area contributed by atoms with E-state index in [1.54, 1.807) is 0 Å². The molecule has 10 aromatic rings. The summed E-state index contributed by atoms with van der Waals surface area (Å²) in [5.41, 5.74) is 16.6. The van der Waals surface area contributed by atoms with Crippen molar-refractivity contribution in [1.29, 1.82) is 0 Å². The number of benzene rings is 9. The van der Waals surface area contributed by atoms with Crippen LogP contribution in [0.2, 0.25) is 0 Å². The van der Waals surface area contributed by atoms with Crippen molar-refractivity contribution in [3.05, 3.63) is 241 Å². The van der Waals surface area contributed by atoms with Gasteiger partial charge in [0, 0.05) is 32.5 Å². The first-order valence-electron chi connectivity index (χ1n) is 19.9. The molecular formula is C55H36N2S. The molecule has 3 heteroatoms. The summed E-state index contributed by atoms with van der Waals surface area (Å²) in [7, 11) is 0. The molecule has 0 radical (unpaired) electrons. The number of fused-ring (bicyclic) bond motifs is 12. The quantitative estimate of drug-likeness (QED) is 0.173.